The first kappa shape index (κ1) is 12.8. The first-order valence-electron chi connectivity index (χ1n) is 6.21. The predicted octanol–water partition coefficient (Wildman–Crippen LogP) is 1.85. The van der Waals surface area contributed by atoms with E-state index in [1.165, 1.54) is 19.0 Å². The third-order valence-electron chi connectivity index (χ3n) is 3.37. The fourth-order valence-electron chi connectivity index (χ4n) is 2.32. The fourth-order valence-corrected chi connectivity index (χ4v) is 2.32. The molecule has 1 aromatic heterocycles. The molecule has 0 saturated heterocycles. The zero-order valence-corrected chi connectivity index (χ0v) is 10.2. The first-order valence-corrected chi connectivity index (χ1v) is 6.21. The molecule has 5 nitrogen and oxygen atoms in total. The summed E-state index contributed by atoms with van der Waals surface area (Å²) in [6.07, 6.45) is 7.44. The lowest BCUT2D eigenvalue weighted by Gasteiger charge is -2.22. The molecule has 1 aliphatic carbocycles. The van der Waals surface area contributed by atoms with Gasteiger partial charge < -0.3 is 5.11 Å². The molecular formula is C13H17N3O2. The van der Waals surface area contributed by atoms with E-state index in [1.807, 2.05) is 6.07 Å². The maximum absolute atomic E-state index is 9.35. The number of nitriles is 1. The SMILES string of the molecule is N#Cc1cnccc1NOC(CO)C1CCCC1. The third-order valence-corrected chi connectivity index (χ3v) is 3.37. The number of aromatic nitrogens is 1. The molecule has 1 fully saturated rings. The van der Waals surface area contributed by atoms with Crippen LogP contribution in [-0.2, 0) is 4.84 Å². The van der Waals surface area contributed by atoms with Crippen LogP contribution in [0, 0.1) is 17.2 Å². The summed E-state index contributed by atoms with van der Waals surface area (Å²) in [6.45, 7) is -0.00929. The molecule has 0 aliphatic heterocycles. The average Bonchev–Trinajstić information content (AvgIpc) is 2.94. The largest absolute Gasteiger partial charge is 0.394 e. The lowest BCUT2D eigenvalue weighted by molar-refractivity contribution is 0.00797. The molecular weight excluding hydrogens is 230 g/mol. The van der Waals surface area contributed by atoms with E-state index in [2.05, 4.69) is 10.5 Å². The van der Waals surface area contributed by atoms with Gasteiger partial charge in [0.15, 0.2) is 0 Å². The van der Waals surface area contributed by atoms with Crippen LogP contribution in [0.5, 0.6) is 0 Å². The molecule has 2 rings (SSSR count). The van der Waals surface area contributed by atoms with Crippen molar-refractivity contribution in [3.8, 4) is 6.07 Å². The average molecular weight is 247 g/mol. The monoisotopic (exact) mass is 247 g/mol. The highest BCUT2D eigenvalue weighted by Gasteiger charge is 2.25. The second-order valence-corrected chi connectivity index (χ2v) is 4.52. The minimum absolute atomic E-state index is 0.00929. The number of rotatable bonds is 5. The Labute approximate surface area is 106 Å². The molecule has 5 heteroatoms. The summed E-state index contributed by atoms with van der Waals surface area (Å²) in [4.78, 5) is 9.40. The van der Waals surface area contributed by atoms with Crippen LogP contribution in [0.4, 0.5) is 5.69 Å². The van der Waals surface area contributed by atoms with Crippen molar-refractivity contribution >= 4 is 5.69 Å². The zero-order valence-electron chi connectivity index (χ0n) is 10.2. The summed E-state index contributed by atoms with van der Waals surface area (Å²) in [7, 11) is 0. The molecule has 18 heavy (non-hydrogen) atoms. The maximum atomic E-state index is 9.35. The van der Waals surface area contributed by atoms with Crippen molar-refractivity contribution in [2.24, 2.45) is 5.92 Å². The van der Waals surface area contributed by atoms with Crippen LogP contribution in [-0.4, -0.2) is 22.8 Å². The van der Waals surface area contributed by atoms with Crippen LogP contribution in [0.1, 0.15) is 31.2 Å². The van der Waals surface area contributed by atoms with Gasteiger partial charge in [-0.15, -0.1) is 0 Å². The molecule has 1 heterocycles. The lowest BCUT2D eigenvalue weighted by Crippen LogP contribution is -2.28. The third kappa shape index (κ3) is 2.97. The van der Waals surface area contributed by atoms with Crippen LogP contribution in [0.25, 0.3) is 0 Å². The molecule has 0 radical (unpaired) electrons. The van der Waals surface area contributed by atoms with Crippen molar-refractivity contribution < 1.29 is 9.94 Å². The van der Waals surface area contributed by atoms with Crippen molar-refractivity contribution in [3.05, 3.63) is 24.0 Å². The Morgan fingerprint density at radius 2 is 2.33 bits per heavy atom. The van der Waals surface area contributed by atoms with Gasteiger partial charge in [-0.2, -0.15) is 5.26 Å². The molecule has 1 atom stereocenters. The normalized spacial score (nSPS) is 17.3. The number of aliphatic hydroxyl groups is 1. The van der Waals surface area contributed by atoms with Crippen LogP contribution in [0.3, 0.4) is 0 Å². The Kier molecular flexibility index (Phi) is 4.51. The lowest BCUT2D eigenvalue weighted by atomic mass is 10.0. The number of anilines is 1. The van der Waals surface area contributed by atoms with E-state index in [1.54, 1.807) is 12.3 Å². The molecule has 0 bridgehead atoms. The van der Waals surface area contributed by atoms with Gasteiger partial charge in [-0.1, -0.05) is 12.8 Å². The van der Waals surface area contributed by atoms with Crippen LogP contribution >= 0.6 is 0 Å². The van der Waals surface area contributed by atoms with E-state index >= 15 is 0 Å². The molecule has 0 aromatic carbocycles. The summed E-state index contributed by atoms with van der Waals surface area (Å²) in [5.74, 6) is 0.398. The first-order chi connectivity index (χ1) is 8.85. The Morgan fingerprint density at radius 1 is 1.56 bits per heavy atom. The Balaban J connectivity index is 1.95. The van der Waals surface area contributed by atoms with Crippen LogP contribution < -0.4 is 5.48 Å². The highest BCUT2D eigenvalue weighted by molar-refractivity contribution is 5.54. The summed E-state index contributed by atoms with van der Waals surface area (Å²) in [5, 5.41) is 18.3. The number of hydrogen-bond donors (Lipinski definition) is 2. The summed E-state index contributed by atoms with van der Waals surface area (Å²) in [6, 6.07) is 3.72. The molecule has 1 aromatic rings. The topological polar surface area (TPSA) is 78.2 Å². The maximum Gasteiger partial charge on any atom is 0.111 e. The summed E-state index contributed by atoms with van der Waals surface area (Å²) < 4.78 is 0. The van der Waals surface area contributed by atoms with E-state index in [9.17, 15) is 5.11 Å². The van der Waals surface area contributed by atoms with Crippen LogP contribution in [0.2, 0.25) is 0 Å². The number of pyridine rings is 1. The molecule has 0 spiro atoms. The minimum atomic E-state index is -0.216. The predicted molar refractivity (Wildman–Crippen MR) is 66.5 cm³/mol. The highest BCUT2D eigenvalue weighted by atomic mass is 16.7. The van der Waals surface area contributed by atoms with Crippen molar-refractivity contribution in [2.45, 2.75) is 31.8 Å². The van der Waals surface area contributed by atoms with E-state index < -0.39 is 0 Å². The minimum Gasteiger partial charge on any atom is -0.394 e. The number of aliphatic hydroxyl groups excluding tert-OH is 1. The van der Waals surface area contributed by atoms with E-state index in [0.717, 1.165) is 12.8 Å². The van der Waals surface area contributed by atoms with Gasteiger partial charge >= 0.3 is 0 Å². The van der Waals surface area contributed by atoms with Crippen molar-refractivity contribution in [3.63, 3.8) is 0 Å². The second kappa shape index (κ2) is 6.34. The fraction of sp³-hybridized carbons (Fsp3) is 0.538. The highest BCUT2D eigenvalue weighted by Crippen LogP contribution is 2.29. The molecule has 1 aliphatic rings. The van der Waals surface area contributed by atoms with Gasteiger partial charge in [0.25, 0.3) is 0 Å². The van der Waals surface area contributed by atoms with Gasteiger partial charge in [0.2, 0.25) is 0 Å². The van der Waals surface area contributed by atoms with Gasteiger partial charge in [-0.3, -0.25) is 15.3 Å². The zero-order chi connectivity index (χ0) is 12.8. The second-order valence-electron chi connectivity index (χ2n) is 4.52. The quantitative estimate of drug-likeness (QED) is 0.776. The van der Waals surface area contributed by atoms with Crippen molar-refractivity contribution in [1.82, 2.24) is 4.98 Å². The number of nitrogens with zero attached hydrogens (tertiary/aromatic N) is 2. The van der Waals surface area contributed by atoms with E-state index in [4.69, 9.17) is 10.1 Å². The van der Waals surface area contributed by atoms with Gasteiger partial charge in [0, 0.05) is 12.4 Å². The summed E-state index contributed by atoms with van der Waals surface area (Å²) >= 11 is 0. The molecule has 1 unspecified atom stereocenters. The van der Waals surface area contributed by atoms with Gasteiger partial charge in [0.05, 0.1) is 17.9 Å². The van der Waals surface area contributed by atoms with Gasteiger partial charge in [-0.05, 0) is 24.8 Å². The molecule has 96 valence electrons. The summed E-state index contributed by atoms with van der Waals surface area (Å²) in [5.41, 5.74) is 3.79. The van der Waals surface area contributed by atoms with Crippen molar-refractivity contribution in [1.29, 1.82) is 5.26 Å². The van der Waals surface area contributed by atoms with Gasteiger partial charge in [0.1, 0.15) is 12.2 Å². The Hall–Kier alpha value is -1.64. The Bertz CT molecular complexity index is 424. The van der Waals surface area contributed by atoms with Crippen LogP contribution in [0.15, 0.2) is 18.5 Å². The standard InChI is InChI=1S/C13H17N3O2/c14-7-11-8-15-6-5-12(11)16-18-13(9-17)10-3-1-2-4-10/h5-6,8,10,13,17H,1-4,9H2,(H,15,16). The van der Waals surface area contributed by atoms with Crippen molar-refractivity contribution in [2.75, 3.05) is 12.1 Å². The molecule has 0 amide bonds. The number of hydrogen-bond acceptors (Lipinski definition) is 5. The Morgan fingerprint density at radius 3 is 3.00 bits per heavy atom. The smallest absolute Gasteiger partial charge is 0.111 e. The van der Waals surface area contributed by atoms with E-state index in [0.29, 0.717) is 17.2 Å². The molecule has 1 saturated carbocycles. The molecule has 2 N–H and O–H groups in total. The number of nitrogens with one attached hydrogen (secondary N) is 1. The van der Waals surface area contributed by atoms with Gasteiger partial charge in [-0.25, -0.2) is 0 Å². The van der Waals surface area contributed by atoms with E-state index in [-0.39, 0.29) is 12.7 Å².